The summed E-state index contributed by atoms with van der Waals surface area (Å²) in [5.41, 5.74) is 2.86. The largest absolute Gasteiger partial charge is 0.393 e. The lowest BCUT2D eigenvalue weighted by Crippen LogP contribution is -2.65. The Balaban J connectivity index is 1.58. The monoisotopic (exact) mass is 442 g/mol. The summed E-state index contributed by atoms with van der Waals surface area (Å²) in [7, 11) is 0. The van der Waals surface area contributed by atoms with Crippen LogP contribution in [0.2, 0.25) is 0 Å². The van der Waals surface area contributed by atoms with Gasteiger partial charge in [0.25, 0.3) is 0 Å². The van der Waals surface area contributed by atoms with Crippen LogP contribution in [0.1, 0.15) is 113 Å². The van der Waals surface area contributed by atoms with E-state index in [1.165, 1.54) is 38.5 Å². The van der Waals surface area contributed by atoms with Gasteiger partial charge in [0, 0.05) is 5.41 Å². The molecule has 0 saturated heterocycles. The fraction of sp³-hybridized carbons (Fsp3) is 0.933. The zero-order chi connectivity index (χ0) is 23.5. The molecule has 0 amide bonds. The number of aliphatic hydroxyl groups is 2. The van der Waals surface area contributed by atoms with Crippen molar-refractivity contribution in [2.45, 2.75) is 125 Å². The van der Waals surface area contributed by atoms with Crippen LogP contribution in [0.5, 0.6) is 0 Å². The lowest BCUT2D eigenvalue weighted by atomic mass is 9.33. The summed E-state index contributed by atoms with van der Waals surface area (Å²) >= 11 is 0. The fourth-order valence-corrected chi connectivity index (χ4v) is 10.7. The number of fused-ring (bicyclic) bond motifs is 7. The topological polar surface area (TPSA) is 40.5 Å². The van der Waals surface area contributed by atoms with E-state index in [-0.39, 0.29) is 33.9 Å². The fourth-order valence-electron chi connectivity index (χ4n) is 10.7. The lowest BCUT2D eigenvalue weighted by Gasteiger charge is -2.71. The molecule has 0 heterocycles. The van der Waals surface area contributed by atoms with Crippen LogP contribution in [-0.2, 0) is 0 Å². The van der Waals surface area contributed by atoms with E-state index in [1.54, 1.807) is 5.57 Å². The standard InChI is InChI=1S/C30H50O2/c1-25(2)17-20-19-9-10-22-28(6)13-12-23(31)26(3,4)21(28)11-14-30(22,8)29(19,7)16-15-27(20,5)24(32)18-25/h9,20-24,31-32H,10-18H2,1-8H3/t20-,21+,22-,23-,24-,27+,28-,29+,30-/m0/s1. The molecular weight excluding hydrogens is 392 g/mol. The number of allylic oxidation sites excluding steroid dienone is 2. The molecule has 0 aromatic heterocycles. The first-order valence-electron chi connectivity index (χ1n) is 13.7. The Morgan fingerprint density at radius 3 is 2.09 bits per heavy atom. The second-order valence-electron chi connectivity index (χ2n) is 15.3. The molecule has 0 spiro atoms. The Morgan fingerprint density at radius 2 is 1.41 bits per heavy atom. The molecule has 2 heteroatoms. The van der Waals surface area contributed by atoms with E-state index in [0.717, 1.165) is 19.3 Å². The molecule has 0 radical (unpaired) electrons. The molecule has 182 valence electrons. The first kappa shape index (κ1) is 23.4. The molecule has 2 nitrogen and oxygen atoms in total. The maximum atomic E-state index is 11.3. The molecule has 2 N–H and O–H groups in total. The molecular formula is C30H50O2. The third-order valence-corrected chi connectivity index (χ3v) is 13.1. The van der Waals surface area contributed by atoms with Gasteiger partial charge in [-0.05, 0) is 103 Å². The highest BCUT2D eigenvalue weighted by Gasteiger charge is 2.68. The van der Waals surface area contributed by atoms with Crippen LogP contribution in [0.25, 0.3) is 0 Å². The molecule has 4 saturated carbocycles. The van der Waals surface area contributed by atoms with E-state index in [0.29, 0.717) is 28.6 Å². The van der Waals surface area contributed by atoms with Gasteiger partial charge in [0.1, 0.15) is 0 Å². The molecule has 0 aliphatic heterocycles. The van der Waals surface area contributed by atoms with Crippen LogP contribution in [0, 0.1) is 50.2 Å². The summed E-state index contributed by atoms with van der Waals surface area (Å²) in [5, 5.41) is 22.2. The highest BCUT2D eigenvalue weighted by Crippen LogP contribution is 2.75. The predicted molar refractivity (Wildman–Crippen MR) is 132 cm³/mol. The molecule has 0 aromatic carbocycles. The predicted octanol–water partition coefficient (Wildman–Crippen LogP) is 7.14. The van der Waals surface area contributed by atoms with Crippen molar-refractivity contribution in [1.29, 1.82) is 0 Å². The molecule has 5 rings (SSSR count). The van der Waals surface area contributed by atoms with Gasteiger partial charge >= 0.3 is 0 Å². The van der Waals surface area contributed by atoms with Gasteiger partial charge in [0.05, 0.1) is 12.2 Å². The van der Waals surface area contributed by atoms with E-state index in [9.17, 15) is 10.2 Å². The van der Waals surface area contributed by atoms with Gasteiger partial charge in [-0.1, -0.05) is 67.0 Å². The summed E-state index contributed by atoms with van der Waals surface area (Å²) in [6.45, 7) is 19.7. The van der Waals surface area contributed by atoms with Crippen molar-refractivity contribution in [3.8, 4) is 0 Å². The summed E-state index contributed by atoms with van der Waals surface area (Å²) < 4.78 is 0. The van der Waals surface area contributed by atoms with E-state index in [1.807, 2.05) is 0 Å². The van der Waals surface area contributed by atoms with E-state index in [4.69, 9.17) is 0 Å². The average Bonchev–Trinajstić information content (AvgIpc) is 2.67. The molecule has 5 aliphatic carbocycles. The van der Waals surface area contributed by atoms with Gasteiger partial charge < -0.3 is 10.2 Å². The Morgan fingerprint density at radius 1 is 0.719 bits per heavy atom. The SMILES string of the molecule is CC1(C)C[C@H](O)[C@]2(C)CC[C@]3(C)C(=CC[C@H]4[C@@]5(C)CC[C@H](O)C(C)(C)[C@H]5CC[C@@]43C)[C@@H]2C1. The van der Waals surface area contributed by atoms with Crippen LogP contribution in [0.15, 0.2) is 11.6 Å². The van der Waals surface area contributed by atoms with Gasteiger partial charge in [0.15, 0.2) is 0 Å². The number of rotatable bonds is 0. The first-order valence-corrected chi connectivity index (χ1v) is 13.7. The van der Waals surface area contributed by atoms with Crippen LogP contribution in [-0.4, -0.2) is 22.4 Å². The normalized spacial score (nSPS) is 56.2. The summed E-state index contributed by atoms with van der Waals surface area (Å²) in [5.74, 6) is 1.83. The molecule has 5 aliphatic rings. The zero-order valence-electron chi connectivity index (χ0n) is 22.2. The van der Waals surface area contributed by atoms with Crippen molar-refractivity contribution in [2.75, 3.05) is 0 Å². The van der Waals surface area contributed by atoms with Gasteiger partial charge in [-0.3, -0.25) is 0 Å². The number of hydrogen-bond donors (Lipinski definition) is 2. The van der Waals surface area contributed by atoms with Crippen LogP contribution in [0.3, 0.4) is 0 Å². The van der Waals surface area contributed by atoms with E-state index in [2.05, 4.69) is 61.5 Å². The van der Waals surface area contributed by atoms with Crippen LogP contribution in [0.4, 0.5) is 0 Å². The number of aliphatic hydroxyl groups excluding tert-OH is 2. The Hall–Kier alpha value is -0.340. The lowest BCUT2D eigenvalue weighted by molar-refractivity contribution is -0.207. The first-order chi connectivity index (χ1) is 14.6. The van der Waals surface area contributed by atoms with Crippen molar-refractivity contribution < 1.29 is 10.2 Å². The van der Waals surface area contributed by atoms with Crippen LogP contribution < -0.4 is 0 Å². The molecule has 0 bridgehead atoms. The zero-order valence-corrected chi connectivity index (χ0v) is 22.2. The minimum atomic E-state index is -0.180. The third-order valence-electron chi connectivity index (χ3n) is 13.1. The van der Waals surface area contributed by atoms with E-state index >= 15 is 0 Å². The maximum absolute atomic E-state index is 11.3. The van der Waals surface area contributed by atoms with Crippen molar-refractivity contribution in [3.63, 3.8) is 0 Å². The third kappa shape index (κ3) is 2.72. The maximum Gasteiger partial charge on any atom is 0.0604 e. The van der Waals surface area contributed by atoms with Gasteiger partial charge in [-0.15, -0.1) is 0 Å². The second kappa shape index (κ2) is 6.66. The van der Waals surface area contributed by atoms with Crippen LogP contribution >= 0.6 is 0 Å². The molecule has 9 atom stereocenters. The highest BCUT2D eigenvalue weighted by atomic mass is 16.3. The molecule has 0 aromatic rings. The Bertz CT molecular complexity index is 825. The average molecular weight is 443 g/mol. The van der Waals surface area contributed by atoms with Crippen molar-refractivity contribution in [2.24, 2.45) is 50.2 Å². The summed E-state index contributed by atoms with van der Waals surface area (Å²) in [6, 6.07) is 0. The Labute approximate surface area is 197 Å². The molecule has 4 fully saturated rings. The van der Waals surface area contributed by atoms with E-state index < -0.39 is 0 Å². The minimum absolute atomic E-state index is 0.0157. The summed E-state index contributed by atoms with van der Waals surface area (Å²) in [4.78, 5) is 0. The van der Waals surface area contributed by atoms with Gasteiger partial charge in [0.2, 0.25) is 0 Å². The molecule has 0 unspecified atom stereocenters. The molecule has 32 heavy (non-hydrogen) atoms. The van der Waals surface area contributed by atoms with Crippen molar-refractivity contribution >= 4 is 0 Å². The Kier molecular flexibility index (Phi) is 4.87. The quantitative estimate of drug-likeness (QED) is 0.391. The van der Waals surface area contributed by atoms with Crippen molar-refractivity contribution in [1.82, 2.24) is 0 Å². The summed E-state index contributed by atoms with van der Waals surface area (Å²) in [6.07, 6.45) is 12.8. The van der Waals surface area contributed by atoms with Gasteiger partial charge in [-0.25, -0.2) is 0 Å². The van der Waals surface area contributed by atoms with Crippen molar-refractivity contribution in [3.05, 3.63) is 11.6 Å². The minimum Gasteiger partial charge on any atom is -0.393 e. The van der Waals surface area contributed by atoms with Gasteiger partial charge in [-0.2, -0.15) is 0 Å². The smallest absolute Gasteiger partial charge is 0.0604 e. The number of hydrogen-bond acceptors (Lipinski definition) is 2. The highest BCUT2D eigenvalue weighted by molar-refractivity contribution is 5.34. The second-order valence-corrected chi connectivity index (χ2v) is 15.3.